The molecule has 0 spiro atoms. The summed E-state index contributed by atoms with van der Waals surface area (Å²) in [6.45, 7) is 7.29. The Bertz CT molecular complexity index is 438. The van der Waals surface area contributed by atoms with Crippen LogP contribution in [0.1, 0.15) is 23.7 Å². The molecule has 1 aliphatic heterocycles. The lowest BCUT2D eigenvalue weighted by Crippen LogP contribution is -2.47. The highest BCUT2D eigenvalue weighted by Gasteiger charge is 2.17. The summed E-state index contributed by atoms with van der Waals surface area (Å²) in [5, 5.41) is 1.14. The summed E-state index contributed by atoms with van der Waals surface area (Å²) in [5.74, 6) is 0.627. The number of halogens is 1. The molecule has 1 saturated heterocycles. The second-order valence-corrected chi connectivity index (χ2v) is 5.89. The van der Waals surface area contributed by atoms with Crippen molar-refractivity contribution in [3.63, 3.8) is 0 Å². The van der Waals surface area contributed by atoms with Gasteiger partial charge in [0.15, 0.2) is 5.96 Å². The molecule has 0 saturated carbocycles. The van der Waals surface area contributed by atoms with Crippen LogP contribution in [0.2, 0.25) is 0 Å². The fourth-order valence-electron chi connectivity index (χ4n) is 2.02. The van der Waals surface area contributed by atoms with E-state index >= 15 is 0 Å². The molecule has 7 heteroatoms. The first-order valence-corrected chi connectivity index (χ1v) is 7.60. The molecule has 0 aromatic carbocycles. The van der Waals surface area contributed by atoms with E-state index in [0.29, 0.717) is 12.5 Å². The van der Waals surface area contributed by atoms with Gasteiger partial charge in [-0.05, 0) is 13.3 Å². The molecule has 1 atom stereocenters. The van der Waals surface area contributed by atoms with Gasteiger partial charge < -0.3 is 15.4 Å². The Labute approximate surface area is 141 Å². The Kier molecular flexibility index (Phi) is 7.75. The van der Waals surface area contributed by atoms with Crippen LogP contribution in [-0.4, -0.2) is 48.2 Å². The van der Waals surface area contributed by atoms with Crippen molar-refractivity contribution in [3.8, 4) is 0 Å². The predicted octanol–water partition coefficient (Wildman–Crippen LogP) is 1.90. The van der Waals surface area contributed by atoms with Gasteiger partial charge in [-0.1, -0.05) is 6.92 Å². The van der Waals surface area contributed by atoms with Gasteiger partial charge in [-0.3, -0.25) is 4.99 Å². The standard InChI is InChI=1S/C13H22N4OS.HI/c1-3-11-8-16-12(19-11)4-5-15-13(14)17-6-7-18-10(2)9-17;/h8,10H,3-7,9H2,1-2H3,(H2,14,15);1H. The van der Waals surface area contributed by atoms with Crippen LogP contribution in [0.15, 0.2) is 11.2 Å². The molecule has 2 heterocycles. The van der Waals surface area contributed by atoms with Crippen molar-refractivity contribution in [2.75, 3.05) is 26.2 Å². The lowest BCUT2D eigenvalue weighted by Gasteiger charge is -2.31. The lowest BCUT2D eigenvalue weighted by atomic mass is 10.3. The summed E-state index contributed by atoms with van der Waals surface area (Å²) in [4.78, 5) is 12.2. The first kappa shape index (κ1) is 17.6. The third kappa shape index (κ3) is 5.17. The number of hydrogen-bond acceptors (Lipinski definition) is 4. The first-order valence-electron chi connectivity index (χ1n) is 6.79. The molecule has 0 aliphatic carbocycles. The van der Waals surface area contributed by atoms with Crippen LogP contribution in [0.4, 0.5) is 0 Å². The van der Waals surface area contributed by atoms with Crippen LogP contribution in [-0.2, 0) is 17.6 Å². The van der Waals surface area contributed by atoms with Gasteiger partial charge in [0.2, 0.25) is 0 Å². The molecule has 20 heavy (non-hydrogen) atoms. The van der Waals surface area contributed by atoms with Gasteiger partial charge in [-0.25, -0.2) is 4.98 Å². The molecular weight excluding hydrogens is 387 g/mol. The zero-order valence-electron chi connectivity index (χ0n) is 12.0. The van der Waals surface area contributed by atoms with E-state index in [1.165, 1.54) is 4.88 Å². The van der Waals surface area contributed by atoms with Crippen LogP contribution in [0.5, 0.6) is 0 Å². The van der Waals surface area contributed by atoms with Crippen molar-refractivity contribution in [3.05, 3.63) is 16.1 Å². The maximum absolute atomic E-state index is 6.01. The highest BCUT2D eigenvalue weighted by atomic mass is 127. The van der Waals surface area contributed by atoms with Gasteiger partial charge in [0.1, 0.15) is 0 Å². The van der Waals surface area contributed by atoms with Crippen molar-refractivity contribution >= 4 is 41.3 Å². The van der Waals surface area contributed by atoms with Crippen molar-refractivity contribution in [2.24, 2.45) is 10.7 Å². The van der Waals surface area contributed by atoms with Crippen molar-refractivity contribution in [1.82, 2.24) is 9.88 Å². The normalized spacial score (nSPS) is 19.8. The van der Waals surface area contributed by atoms with Gasteiger partial charge in [0.05, 0.1) is 17.7 Å². The topological polar surface area (TPSA) is 63.7 Å². The van der Waals surface area contributed by atoms with E-state index in [9.17, 15) is 0 Å². The minimum absolute atomic E-state index is 0. The van der Waals surface area contributed by atoms with Crippen molar-refractivity contribution in [1.29, 1.82) is 0 Å². The first-order chi connectivity index (χ1) is 9.19. The molecule has 5 nitrogen and oxygen atoms in total. The number of rotatable bonds is 4. The van der Waals surface area contributed by atoms with Gasteiger partial charge in [-0.15, -0.1) is 35.3 Å². The number of aromatic nitrogens is 1. The van der Waals surface area contributed by atoms with Crippen LogP contribution in [0.25, 0.3) is 0 Å². The number of ether oxygens (including phenoxy) is 1. The molecule has 1 aromatic heterocycles. The van der Waals surface area contributed by atoms with E-state index in [4.69, 9.17) is 10.5 Å². The Morgan fingerprint density at radius 2 is 2.45 bits per heavy atom. The maximum atomic E-state index is 6.01. The van der Waals surface area contributed by atoms with Crippen LogP contribution in [0.3, 0.4) is 0 Å². The third-order valence-electron chi connectivity index (χ3n) is 3.11. The molecule has 1 unspecified atom stereocenters. The number of thiazole rings is 1. The molecule has 0 bridgehead atoms. The van der Waals surface area contributed by atoms with Gasteiger partial charge in [0.25, 0.3) is 0 Å². The Morgan fingerprint density at radius 1 is 1.65 bits per heavy atom. The number of aryl methyl sites for hydroxylation is 1. The molecule has 0 amide bonds. The van der Waals surface area contributed by atoms with E-state index in [0.717, 1.165) is 37.5 Å². The van der Waals surface area contributed by atoms with Crippen LogP contribution >= 0.6 is 35.3 Å². The Hall–Kier alpha value is -0.410. The third-order valence-corrected chi connectivity index (χ3v) is 4.32. The van der Waals surface area contributed by atoms with E-state index in [2.05, 4.69) is 28.7 Å². The number of aliphatic imine (C=N–C) groups is 1. The smallest absolute Gasteiger partial charge is 0.191 e. The number of hydrogen-bond donors (Lipinski definition) is 1. The molecule has 1 aromatic rings. The van der Waals surface area contributed by atoms with Crippen molar-refractivity contribution in [2.45, 2.75) is 32.8 Å². The quantitative estimate of drug-likeness (QED) is 0.468. The zero-order chi connectivity index (χ0) is 13.7. The summed E-state index contributed by atoms with van der Waals surface area (Å²) in [7, 11) is 0. The fraction of sp³-hybridized carbons (Fsp3) is 0.692. The second kappa shape index (κ2) is 8.78. The van der Waals surface area contributed by atoms with Crippen molar-refractivity contribution < 1.29 is 4.74 Å². The van der Waals surface area contributed by atoms with Crippen LogP contribution in [0, 0.1) is 0 Å². The van der Waals surface area contributed by atoms with E-state index in [1.807, 2.05) is 6.20 Å². The van der Waals surface area contributed by atoms with E-state index < -0.39 is 0 Å². The summed E-state index contributed by atoms with van der Waals surface area (Å²) in [6.07, 6.45) is 4.10. The molecule has 114 valence electrons. The molecule has 0 radical (unpaired) electrons. The van der Waals surface area contributed by atoms with E-state index in [1.54, 1.807) is 11.3 Å². The van der Waals surface area contributed by atoms with E-state index in [-0.39, 0.29) is 30.1 Å². The molecule has 1 fully saturated rings. The summed E-state index contributed by atoms with van der Waals surface area (Å²) >= 11 is 1.77. The number of nitrogens with zero attached hydrogens (tertiary/aromatic N) is 3. The summed E-state index contributed by atoms with van der Waals surface area (Å²) in [6, 6.07) is 0. The average Bonchev–Trinajstić information content (AvgIpc) is 2.86. The minimum Gasteiger partial charge on any atom is -0.375 e. The molecular formula is C13H23IN4OS. The number of guanidine groups is 1. The predicted molar refractivity (Wildman–Crippen MR) is 94.1 cm³/mol. The summed E-state index contributed by atoms with van der Waals surface area (Å²) in [5.41, 5.74) is 6.01. The largest absolute Gasteiger partial charge is 0.375 e. The fourth-order valence-corrected chi connectivity index (χ4v) is 2.87. The molecule has 1 aliphatic rings. The highest BCUT2D eigenvalue weighted by molar-refractivity contribution is 14.0. The SMILES string of the molecule is CCc1cnc(CCN=C(N)N2CCOC(C)C2)s1.I. The Morgan fingerprint density at radius 3 is 3.10 bits per heavy atom. The monoisotopic (exact) mass is 410 g/mol. The average molecular weight is 410 g/mol. The van der Waals surface area contributed by atoms with Gasteiger partial charge in [-0.2, -0.15) is 0 Å². The number of morpholine rings is 1. The van der Waals surface area contributed by atoms with Gasteiger partial charge >= 0.3 is 0 Å². The maximum Gasteiger partial charge on any atom is 0.191 e. The van der Waals surface area contributed by atoms with Gasteiger partial charge in [0, 0.05) is 37.1 Å². The Balaban J connectivity index is 0.00000200. The second-order valence-electron chi connectivity index (χ2n) is 4.69. The highest BCUT2D eigenvalue weighted by Crippen LogP contribution is 2.13. The zero-order valence-corrected chi connectivity index (χ0v) is 15.2. The number of nitrogens with two attached hydrogens (primary N) is 1. The lowest BCUT2D eigenvalue weighted by molar-refractivity contribution is 0.00530. The van der Waals surface area contributed by atoms with Crippen LogP contribution < -0.4 is 5.73 Å². The minimum atomic E-state index is 0. The molecule has 2 rings (SSSR count). The summed E-state index contributed by atoms with van der Waals surface area (Å²) < 4.78 is 5.49. The molecule has 2 N–H and O–H groups in total.